The van der Waals surface area contributed by atoms with Crippen LogP contribution in [0.4, 0.5) is 0 Å². The van der Waals surface area contributed by atoms with E-state index in [4.69, 9.17) is 0 Å². The van der Waals surface area contributed by atoms with Crippen molar-refractivity contribution in [1.29, 1.82) is 0 Å². The van der Waals surface area contributed by atoms with E-state index >= 15 is 0 Å². The van der Waals surface area contributed by atoms with Gasteiger partial charge < -0.3 is 14.8 Å². The molecule has 2 atom stereocenters. The lowest BCUT2D eigenvalue weighted by atomic mass is 9.83. The molecule has 3 nitrogen and oxygen atoms in total. The Morgan fingerprint density at radius 1 is 1.32 bits per heavy atom. The first-order valence-electron chi connectivity index (χ1n) is 8.12. The molecule has 3 aliphatic rings. The highest BCUT2D eigenvalue weighted by Gasteiger charge is 2.35. The number of aromatic amines is 1. The molecule has 0 radical (unpaired) electrons. The topological polar surface area (TPSA) is 38.8 Å². The van der Waals surface area contributed by atoms with Gasteiger partial charge in [0.2, 0.25) is 0 Å². The van der Waals surface area contributed by atoms with Crippen LogP contribution >= 0.6 is 0 Å². The Labute approximate surface area is 131 Å². The fourth-order valence-corrected chi connectivity index (χ4v) is 4.18. The van der Waals surface area contributed by atoms with E-state index in [0.717, 1.165) is 23.9 Å². The zero-order valence-corrected chi connectivity index (χ0v) is 13.1. The third-order valence-corrected chi connectivity index (χ3v) is 5.44. The lowest BCUT2D eigenvalue weighted by molar-refractivity contribution is -0.879. The van der Waals surface area contributed by atoms with Crippen LogP contribution in [-0.4, -0.2) is 29.3 Å². The maximum absolute atomic E-state index is 13.1. The molecule has 1 N–H and O–H groups in total. The fourth-order valence-electron chi connectivity index (χ4n) is 4.18. The Hall–Kier alpha value is -1.84. The van der Waals surface area contributed by atoms with Gasteiger partial charge in [0.25, 0.3) is 0 Å². The van der Waals surface area contributed by atoms with E-state index in [0.29, 0.717) is 25.6 Å². The molecule has 3 aliphatic heterocycles. The molecular formula is C19H22N2O. The van der Waals surface area contributed by atoms with Gasteiger partial charge in [-0.25, -0.2) is 0 Å². The summed E-state index contributed by atoms with van der Waals surface area (Å²) < 4.78 is -0.0810. The summed E-state index contributed by atoms with van der Waals surface area (Å²) in [5.74, 6) is 0.315. The molecule has 1 aromatic heterocycles. The van der Waals surface area contributed by atoms with Gasteiger partial charge >= 0.3 is 0 Å². The Kier molecular flexibility index (Phi) is 3.03. The Bertz CT molecular complexity index is 786. The van der Waals surface area contributed by atoms with Crippen LogP contribution in [0.3, 0.4) is 0 Å². The minimum Gasteiger partial charge on any atom is -0.633 e. The summed E-state index contributed by atoms with van der Waals surface area (Å²) in [7, 11) is 0. The Morgan fingerprint density at radius 2 is 2.14 bits per heavy atom. The maximum Gasteiger partial charge on any atom is 0.101 e. The molecule has 2 bridgehead atoms. The molecule has 2 aromatic rings. The Balaban J connectivity index is 1.92. The van der Waals surface area contributed by atoms with Crippen molar-refractivity contribution in [2.75, 3.05) is 19.6 Å². The molecular weight excluding hydrogens is 272 g/mol. The second kappa shape index (κ2) is 4.83. The van der Waals surface area contributed by atoms with Gasteiger partial charge in [-0.3, -0.25) is 0 Å². The SMILES string of the molecule is C=C1c2[nH]c3ccccc3c2CC[N@@+]2([O-])CC[C@@H]1/C(=C\C)C2. The van der Waals surface area contributed by atoms with Crippen molar-refractivity contribution in [1.82, 2.24) is 4.98 Å². The van der Waals surface area contributed by atoms with Crippen molar-refractivity contribution in [3.8, 4) is 0 Å². The van der Waals surface area contributed by atoms with E-state index in [1.165, 1.54) is 22.2 Å². The van der Waals surface area contributed by atoms with Gasteiger partial charge in [0.1, 0.15) is 6.54 Å². The van der Waals surface area contributed by atoms with Crippen LogP contribution in [-0.2, 0) is 6.42 Å². The van der Waals surface area contributed by atoms with Crippen LogP contribution < -0.4 is 0 Å². The molecule has 114 valence electrons. The standard InChI is InChI=1S/C19H22N2O/c1-3-14-12-21(22)10-8-15(14)13(2)19-17(9-11-21)16-6-4-5-7-18(16)20-19/h3-7,15,20H,2,8-12H2,1H3/b14-3-/t15-,21-/m0/s1. The summed E-state index contributed by atoms with van der Waals surface area (Å²) in [6.07, 6.45) is 3.87. The van der Waals surface area contributed by atoms with Gasteiger partial charge in [-0.05, 0) is 29.7 Å². The average molecular weight is 294 g/mol. The lowest BCUT2D eigenvalue weighted by Crippen LogP contribution is -2.50. The summed E-state index contributed by atoms with van der Waals surface area (Å²) >= 11 is 0. The van der Waals surface area contributed by atoms with Crippen molar-refractivity contribution in [3.63, 3.8) is 0 Å². The molecule has 0 unspecified atom stereocenters. The molecule has 0 spiro atoms. The molecule has 5 rings (SSSR count). The summed E-state index contributed by atoms with van der Waals surface area (Å²) in [5.41, 5.74) is 6.02. The number of hydrogen-bond donors (Lipinski definition) is 1. The fraction of sp³-hybridized carbons (Fsp3) is 0.368. The van der Waals surface area contributed by atoms with E-state index < -0.39 is 0 Å². The van der Waals surface area contributed by atoms with E-state index in [-0.39, 0.29) is 4.65 Å². The maximum atomic E-state index is 13.1. The number of hydrogen-bond acceptors (Lipinski definition) is 1. The highest BCUT2D eigenvalue weighted by Crippen LogP contribution is 2.41. The minimum atomic E-state index is -0.0810. The summed E-state index contributed by atoms with van der Waals surface area (Å²) in [4.78, 5) is 3.57. The molecule has 3 heteroatoms. The van der Waals surface area contributed by atoms with Crippen LogP contribution in [0.1, 0.15) is 24.6 Å². The van der Waals surface area contributed by atoms with Gasteiger partial charge in [-0.1, -0.05) is 30.9 Å². The summed E-state index contributed by atoms with van der Waals surface area (Å²) in [6, 6.07) is 8.38. The van der Waals surface area contributed by atoms with Gasteiger partial charge in [-0.15, -0.1) is 0 Å². The van der Waals surface area contributed by atoms with Crippen molar-refractivity contribution in [2.45, 2.75) is 19.8 Å². The van der Waals surface area contributed by atoms with Crippen LogP contribution in [0.15, 0.2) is 42.5 Å². The third kappa shape index (κ3) is 1.97. The van der Waals surface area contributed by atoms with Gasteiger partial charge in [-0.2, -0.15) is 0 Å². The van der Waals surface area contributed by atoms with Crippen molar-refractivity contribution in [2.24, 2.45) is 5.92 Å². The predicted molar refractivity (Wildman–Crippen MR) is 91.1 cm³/mol. The number of allylic oxidation sites excluding steroid dienone is 2. The van der Waals surface area contributed by atoms with Crippen LogP contribution in [0.2, 0.25) is 0 Å². The molecule has 0 amide bonds. The molecule has 0 saturated carbocycles. The van der Waals surface area contributed by atoms with Gasteiger partial charge in [0.15, 0.2) is 0 Å². The first-order chi connectivity index (χ1) is 10.6. The number of hydroxylamine groups is 3. The number of nitrogens with zero attached hydrogens (tertiary/aromatic N) is 1. The molecule has 22 heavy (non-hydrogen) atoms. The number of benzene rings is 1. The van der Waals surface area contributed by atoms with Crippen molar-refractivity contribution in [3.05, 3.63) is 59.0 Å². The molecule has 1 aromatic carbocycles. The first-order valence-corrected chi connectivity index (χ1v) is 8.12. The zero-order chi connectivity index (χ0) is 15.3. The number of fused-ring (bicyclic) bond motifs is 4. The molecule has 1 saturated heterocycles. The number of aromatic nitrogens is 1. The third-order valence-electron chi connectivity index (χ3n) is 5.44. The van der Waals surface area contributed by atoms with E-state index in [9.17, 15) is 5.21 Å². The monoisotopic (exact) mass is 294 g/mol. The zero-order valence-electron chi connectivity index (χ0n) is 13.1. The lowest BCUT2D eigenvalue weighted by Gasteiger charge is -2.48. The molecule has 1 fully saturated rings. The summed E-state index contributed by atoms with van der Waals surface area (Å²) in [5, 5.41) is 14.3. The molecule has 0 aliphatic carbocycles. The quantitative estimate of drug-likeness (QED) is 0.445. The van der Waals surface area contributed by atoms with Crippen LogP contribution in [0.25, 0.3) is 16.5 Å². The largest absolute Gasteiger partial charge is 0.633 e. The minimum absolute atomic E-state index is 0.0810. The average Bonchev–Trinajstić information content (AvgIpc) is 2.92. The second-order valence-corrected chi connectivity index (χ2v) is 6.67. The highest BCUT2D eigenvalue weighted by molar-refractivity contribution is 5.89. The van der Waals surface area contributed by atoms with Crippen LogP contribution in [0.5, 0.6) is 0 Å². The number of rotatable bonds is 0. The number of nitrogens with one attached hydrogen (secondary N) is 1. The summed E-state index contributed by atoms with van der Waals surface area (Å²) in [6.45, 7) is 8.46. The number of piperidine rings is 1. The van der Waals surface area contributed by atoms with Crippen molar-refractivity contribution >= 4 is 16.5 Å². The van der Waals surface area contributed by atoms with Crippen molar-refractivity contribution < 1.29 is 4.65 Å². The first kappa shape index (κ1) is 13.8. The number of para-hydroxylation sites is 1. The van der Waals surface area contributed by atoms with Gasteiger partial charge in [0.05, 0.1) is 13.1 Å². The second-order valence-electron chi connectivity index (χ2n) is 6.67. The van der Waals surface area contributed by atoms with E-state index in [2.05, 4.69) is 48.8 Å². The van der Waals surface area contributed by atoms with Gasteiger partial charge in [0, 0.05) is 35.4 Å². The normalized spacial score (nSPS) is 30.2. The van der Waals surface area contributed by atoms with E-state index in [1.54, 1.807) is 0 Å². The van der Waals surface area contributed by atoms with Crippen LogP contribution in [0, 0.1) is 11.1 Å². The van der Waals surface area contributed by atoms with E-state index in [1.807, 2.05) is 0 Å². The smallest absolute Gasteiger partial charge is 0.101 e. The molecule has 4 heterocycles. The highest BCUT2D eigenvalue weighted by atomic mass is 16.5. The number of quaternary nitrogens is 1. The number of H-pyrrole nitrogens is 1. The predicted octanol–water partition coefficient (Wildman–Crippen LogP) is 4.02. The Morgan fingerprint density at radius 3 is 2.95 bits per heavy atom.